The van der Waals surface area contributed by atoms with E-state index in [1.165, 1.54) is 28.4 Å². The van der Waals surface area contributed by atoms with Gasteiger partial charge < -0.3 is 5.32 Å². The first-order valence-corrected chi connectivity index (χ1v) is 6.54. The number of rotatable bonds is 4. The molecule has 0 spiro atoms. The van der Waals surface area contributed by atoms with Crippen molar-refractivity contribution in [2.24, 2.45) is 0 Å². The third-order valence-electron chi connectivity index (χ3n) is 3.04. The van der Waals surface area contributed by atoms with Crippen LogP contribution in [0.5, 0.6) is 0 Å². The monoisotopic (exact) mass is 247 g/mol. The van der Waals surface area contributed by atoms with Gasteiger partial charge in [-0.15, -0.1) is 0 Å². The number of aromatic nitrogens is 2. The maximum Gasteiger partial charge on any atom is 0.0957 e. The van der Waals surface area contributed by atoms with Gasteiger partial charge in [-0.05, 0) is 37.1 Å². The number of nitrogens with zero attached hydrogens (tertiary/aromatic N) is 2. The highest BCUT2D eigenvalue weighted by molar-refractivity contribution is 6.99. The fourth-order valence-electron chi connectivity index (χ4n) is 1.96. The lowest BCUT2D eigenvalue weighted by molar-refractivity contribution is 0.616. The van der Waals surface area contributed by atoms with E-state index in [2.05, 4.69) is 53.0 Å². The first-order valence-electron chi connectivity index (χ1n) is 5.81. The van der Waals surface area contributed by atoms with Crippen LogP contribution in [0.15, 0.2) is 24.4 Å². The summed E-state index contributed by atoms with van der Waals surface area (Å²) in [7, 11) is 0. The second kappa shape index (κ2) is 5.38. The van der Waals surface area contributed by atoms with Crippen molar-refractivity contribution in [2.75, 3.05) is 6.54 Å². The van der Waals surface area contributed by atoms with E-state index in [0.717, 1.165) is 12.2 Å². The van der Waals surface area contributed by atoms with E-state index in [4.69, 9.17) is 0 Å². The smallest absolute Gasteiger partial charge is 0.0957 e. The fraction of sp³-hybridized carbons (Fsp3) is 0.385. The highest BCUT2D eigenvalue weighted by Crippen LogP contribution is 2.25. The molecule has 1 aromatic carbocycles. The molecule has 1 aromatic heterocycles. The van der Waals surface area contributed by atoms with Crippen LogP contribution < -0.4 is 5.32 Å². The van der Waals surface area contributed by atoms with Crippen molar-refractivity contribution in [3.8, 4) is 0 Å². The van der Waals surface area contributed by atoms with Crippen molar-refractivity contribution in [1.82, 2.24) is 14.1 Å². The largest absolute Gasteiger partial charge is 0.305 e. The summed E-state index contributed by atoms with van der Waals surface area (Å²) in [6.45, 7) is 7.32. The van der Waals surface area contributed by atoms with Gasteiger partial charge in [-0.1, -0.05) is 25.1 Å². The zero-order valence-electron chi connectivity index (χ0n) is 10.4. The van der Waals surface area contributed by atoms with E-state index in [-0.39, 0.29) is 6.04 Å². The predicted octanol–water partition coefficient (Wildman–Crippen LogP) is 2.85. The molecule has 3 nitrogen and oxygen atoms in total. The number of hydrogen-bond donors (Lipinski definition) is 1. The van der Waals surface area contributed by atoms with E-state index in [1.807, 2.05) is 6.20 Å². The van der Waals surface area contributed by atoms with Crippen molar-refractivity contribution < 1.29 is 0 Å². The quantitative estimate of drug-likeness (QED) is 0.902. The summed E-state index contributed by atoms with van der Waals surface area (Å²) in [5.74, 6) is 0. The van der Waals surface area contributed by atoms with Crippen LogP contribution in [0.1, 0.15) is 35.3 Å². The standard InChI is InChI=1S/C13H17N3S/c1-4-14-13(12-8-15-17-16-12)11-7-5-6-9(2)10(11)3/h5-8,13-14H,4H2,1-3H3. The topological polar surface area (TPSA) is 37.8 Å². The summed E-state index contributed by atoms with van der Waals surface area (Å²) >= 11 is 1.26. The van der Waals surface area contributed by atoms with E-state index < -0.39 is 0 Å². The molecule has 1 unspecified atom stereocenters. The summed E-state index contributed by atoms with van der Waals surface area (Å²) in [5, 5.41) is 3.47. The lowest BCUT2D eigenvalue weighted by atomic mass is 9.96. The highest BCUT2D eigenvalue weighted by atomic mass is 32.1. The van der Waals surface area contributed by atoms with Gasteiger partial charge in [0.05, 0.1) is 29.7 Å². The normalized spacial score (nSPS) is 12.6. The van der Waals surface area contributed by atoms with Crippen LogP contribution in [0, 0.1) is 13.8 Å². The van der Waals surface area contributed by atoms with E-state index in [0.29, 0.717) is 0 Å². The molecular formula is C13H17N3S. The molecule has 90 valence electrons. The lowest BCUT2D eigenvalue weighted by Crippen LogP contribution is -2.23. The summed E-state index contributed by atoms with van der Waals surface area (Å²) in [5.41, 5.74) is 4.94. The molecule has 0 aliphatic carbocycles. The lowest BCUT2D eigenvalue weighted by Gasteiger charge is -2.19. The molecule has 0 amide bonds. The number of aryl methyl sites for hydroxylation is 1. The van der Waals surface area contributed by atoms with Gasteiger partial charge in [0.2, 0.25) is 0 Å². The summed E-state index contributed by atoms with van der Waals surface area (Å²) < 4.78 is 8.44. The second-order valence-corrected chi connectivity index (χ2v) is 4.67. The molecule has 0 fully saturated rings. The molecule has 0 radical (unpaired) electrons. The van der Waals surface area contributed by atoms with Crippen LogP contribution in [-0.4, -0.2) is 15.3 Å². The van der Waals surface area contributed by atoms with E-state index >= 15 is 0 Å². The van der Waals surface area contributed by atoms with Crippen molar-refractivity contribution in [2.45, 2.75) is 26.8 Å². The van der Waals surface area contributed by atoms with Gasteiger partial charge in [-0.3, -0.25) is 0 Å². The number of nitrogens with one attached hydrogen (secondary N) is 1. The van der Waals surface area contributed by atoms with Crippen LogP contribution in [0.3, 0.4) is 0 Å². The zero-order chi connectivity index (χ0) is 12.3. The molecule has 17 heavy (non-hydrogen) atoms. The minimum atomic E-state index is 0.152. The van der Waals surface area contributed by atoms with Gasteiger partial charge in [-0.2, -0.15) is 8.75 Å². The number of hydrogen-bond acceptors (Lipinski definition) is 4. The van der Waals surface area contributed by atoms with Gasteiger partial charge in [0, 0.05) is 0 Å². The summed E-state index contributed by atoms with van der Waals surface area (Å²) in [6.07, 6.45) is 1.85. The molecule has 0 saturated carbocycles. The SMILES string of the molecule is CCNC(c1cnsn1)c1cccc(C)c1C. The molecule has 0 saturated heterocycles. The van der Waals surface area contributed by atoms with Gasteiger partial charge in [0.15, 0.2) is 0 Å². The Hall–Kier alpha value is -1.26. The Morgan fingerprint density at radius 1 is 1.35 bits per heavy atom. The minimum Gasteiger partial charge on any atom is -0.305 e. The van der Waals surface area contributed by atoms with Crippen molar-refractivity contribution in [1.29, 1.82) is 0 Å². The van der Waals surface area contributed by atoms with Gasteiger partial charge in [0.1, 0.15) is 0 Å². The van der Waals surface area contributed by atoms with Crippen LogP contribution in [-0.2, 0) is 0 Å². The Morgan fingerprint density at radius 3 is 2.82 bits per heavy atom. The van der Waals surface area contributed by atoms with Crippen LogP contribution >= 0.6 is 11.7 Å². The first kappa shape index (κ1) is 12.2. The molecular weight excluding hydrogens is 230 g/mol. The average molecular weight is 247 g/mol. The fourth-order valence-corrected chi connectivity index (χ4v) is 2.41. The van der Waals surface area contributed by atoms with E-state index in [9.17, 15) is 0 Å². The molecule has 0 aliphatic rings. The average Bonchev–Trinajstić information content (AvgIpc) is 2.84. The van der Waals surface area contributed by atoms with Crippen molar-refractivity contribution in [3.05, 3.63) is 46.8 Å². The third kappa shape index (κ3) is 2.53. The second-order valence-electron chi connectivity index (χ2n) is 4.11. The highest BCUT2D eigenvalue weighted by Gasteiger charge is 2.17. The van der Waals surface area contributed by atoms with Gasteiger partial charge in [-0.25, -0.2) is 0 Å². The molecule has 0 bridgehead atoms. The van der Waals surface area contributed by atoms with Crippen LogP contribution in [0.25, 0.3) is 0 Å². The third-order valence-corrected chi connectivity index (χ3v) is 3.53. The van der Waals surface area contributed by atoms with Crippen molar-refractivity contribution in [3.63, 3.8) is 0 Å². The first-order chi connectivity index (χ1) is 8.24. The summed E-state index contributed by atoms with van der Waals surface area (Å²) in [4.78, 5) is 0. The molecule has 2 aromatic rings. The Kier molecular flexibility index (Phi) is 3.86. The van der Waals surface area contributed by atoms with E-state index in [1.54, 1.807) is 0 Å². The number of benzene rings is 1. The minimum absolute atomic E-state index is 0.152. The molecule has 0 aliphatic heterocycles. The maximum atomic E-state index is 4.35. The Labute approximate surface area is 106 Å². The molecule has 1 N–H and O–H groups in total. The van der Waals surface area contributed by atoms with Crippen LogP contribution in [0.2, 0.25) is 0 Å². The zero-order valence-corrected chi connectivity index (χ0v) is 11.2. The maximum absolute atomic E-state index is 4.35. The molecule has 2 rings (SSSR count). The molecule has 1 heterocycles. The van der Waals surface area contributed by atoms with Gasteiger partial charge >= 0.3 is 0 Å². The molecule has 1 atom stereocenters. The summed E-state index contributed by atoms with van der Waals surface area (Å²) in [6, 6.07) is 6.55. The predicted molar refractivity (Wildman–Crippen MR) is 71.3 cm³/mol. The molecule has 4 heteroatoms. The Balaban J connectivity index is 2.43. The Morgan fingerprint density at radius 2 is 2.18 bits per heavy atom. The Bertz CT molecular complexity index is 479. The van der Waals surface area contributed by atoms with Crippen LogP contribution in [0.4, 0.5) is 0 Å². The van der Waals surface area contributed by atoms with Crippen molar-refractivity contribution >= 4 is 11.7 Å². The van der Waals surface area contributed by atoms with Gasteiger partial charge in [0.25, 0.3) is 0 Å².